The van der Waals surface area contributed by atoms with Gasteiger partial charge in [0.2, 0.25) is 5.91 Å². The normalized spacial score (nSPS) is 22.0. The molecule has 144 valence electrons. The first-order valence-corrected chi connectivity index (χ1v) is 9.68. The van der Waals surface area contributed by atoms with E-state index in [9.17, 15) is 9.18 Å². The van der Waals surface area contributed by atoms with Crippen molar-refractivity contribution in [2.45, 2.75) is 58.9 Å². The van der Waals surface area contributed by atoms with Crippen molar-refractivity contribution in [2.24, 2.45) is 11.8 Å². The minimum Gasteiger partial charge on any atom is -0.345 e. The quantitative estimate of drug-likeness (QED) is 0.842. The van der Waals surface area contributed by atoms with Crippen LogP contribution in [-0.4, -0.2) is 16.1 Å². The number of rotatable bonds is 4. The Hall–Kier alpha value is -2.30. The Labute approximate surface area is 160 Å². The van der Waals surface area contributed by atoms with E-state index in [1.165, 1.54) is 6.07 Å². The molecule has 0 bridgehead atoms. The number of amides is 1. The maximum atomic E-state index is 14.3. The lowest BCUT2D eigenvalue weighted by atomic mass is 9.71. The fraction of sp³-hybridized carbons (Fsp3) is 0.500. The van der Waals surface area contributed by atoms with Crippen LogP contribution in [-0.2, 0) is 10.3 Å². The van der Waals surface area contributed by atoms with Crippen molar-refractivity contribution >= 4 is 5.91 Å². The van der Waals surface area contributed by atoms with Crippen molar-refractivity contribution in [3.8, 4) is 11.3 Å². The van der Waals surface area contributed by atoms with Crippen LogP contribution in [0, 0.1) is 17.7 Å². The molecule has 1 aliphatic carbocycles. The Morgan fingerprint density at radius 2 is 1.93 bits per heavy atom. The first-order chi connectivity index (χ1) is 12.7. The molecule has 0 fully saturated rings. The predicted octanol–water partition coefficient (Wildman–Crippen LogP) is 4.80. The van der Waals surface area contributed by atoms with Crippen LogP contribution >= 0.6 is 0 Å². The van der Waals surface area contributed by atoms with Gasteiger partial charge in [0.1, 0.15) is 5.82 Å². The first-order valence-electron chi connectivity index (χ1n) is 9.68. The molecule has 2 aromatic rings. The van der Waals surface area contributed by atoms with Gasteiger partial charge in [0.15, 0.2) is 0 Å². The number of aromatic nitrogens is 2. The van der Waals surface area contributed by atoms with E-state index in [0.29, 0.717) is 23.1 Å². The molecule has 0 saturated heterocycles. The topological polar surface area (TPSA) is 54.9 Å². The van der Waals surface area contributed by atoms with Gasteiger partial charge >= 0.3 is 0 Å². The number of halogens is 1. The zero-order chi connectivity index (χ0) is 19.8. The summed E-state index contributed by atoms with van der Waals surface area (Å²) in [6.07, 6.45) is 1.76. The highest BCUT2D eigenvalue weighted by atomic mass is 19.1. The van der Waals surface area contributed by atoms with Crippen LogP contribution in [0.2, 0.25) is 0 Å². The lowest BCUT2D eigenvalue weighted by Crippen LogP contribution is -2.48. The molecule has 3 rings (SSSR count). The zero-order valence-corrected chi connectivity index (χ0v) is 16.7. The molecule has 1 heterocycles. The smallest absolute Gasteiger partial charge is 0.223 e. The van der Waals surface area contributed by atoms with E-state index >= 15 is 0 Å². The number of carbonyl (C=O) groups is 1. The van der Waals surface area contributed by atoms with Crippen molar-refractivity contribution in [1.82, 2.24) is 15.5 Å². The molecule has 0 spiro atoms. The number of nitrogens with one attached hydrogen (secondary N) is 1. The van der Waals surface area contributed by atoms with Crippen LogP contribution in [0.5, 0.6) is 0 Å². The second kappa shape index (κ2) is 7.37. The summed E-state index contributed by atoms with van der Waals surface area (Å²) in [7, 11) is 0. The maximum Gasteiger partial charge on any atom is 0.223 e. The van der Waals surface area contributed by atoms with Crippen LogP contribution in [0.25, 0.3) is 11.3 Å². The van der Waals surface area contributed by atoms with Gasteiger partial charge in [-0.1, -0.05) is 39.8 Å². The molecule has 0 unspecified atom stereocenters. The molecule has 2 atom stereocenters. The summed E-state index contributed by atoms with van der Waals surface area (Å²) in [5, 5.41) is 12.0. The number of fused-ring (bicyclic) bond motifs is 1. The lowest BCUT2D eigenvalue weighted by Gasteiger charge is -2.40. The molecule has 27 heavy (non-hydrogen) atoms. The molecule has 1 amide bonds. The highest BCUT2D eigenvalue weighted by molar-refractivity contribution is 5.79. The summed E-state index contributed by atoms with van der Waals surface area (Å²) in [6, 6.07) is 8.58. The van der Waals surface area contributed by atoms with Gasteiger partial charge in [-0.2, -0.15) is 10.2 Å². The zero-order valence-electron chi connectivity index (χ0n) is 16.7. The maximum absolute atomic E-state index is 14.3. The van der Waals surface area contributed by atoms with Gasteiger partial charge in [0, 0.05) is 11.5 Å². The summed E-state index contributed by atoms with van der Waals surface area (Å²) in [5.41, 5.74) is 2.31. The van der Waals surface area contributed by atoms with Gasteiger partial charge in [-0.25, -0.2) is 4.39 Å². The summed E-state index contributed by atoms with van der Waals surface area (Å²) < 4.78 is 14.3. The summed E-state index contributed by atoms with van der Waals surface area (Å²) in [4.78, 5) is 12.4. The lowest BCUT2D eigenvalue weighted by molar-refractivity contribution is -0.126. The number of nitrogens with zero attached hydrogens (tertiary/aromatic N) is 2. The van der Waals surface area contributed by atoms with Gasteiger partial charge in [-0.3, -0.25) is 4.79 Å². The minimum absolute atomic E-state index is 0.00595. The molecule has 1 aromatic carbocycles. The third-order valence-corrected chi connectivity index (χ3v) is 5.58. The fourth-order valence-corrected chi connectivity index (χ4v) is 3.87. The molecule has 1 N–H and O–H groups in total. The van der Waals surface area contributed by atoms with Crippen LogP contribution in [0.4, 0.5) is 4.39 Å². The molecule has 4 nitrogen and oxygen atoms in total. The van der Waals surface area contributed by atoms with Crippen molar-refractivity contribution in [1.29, 1.82) is 0 Å². The molecular weight excluding hydrogens is 341 g/mol. The third-order valence-electron chi connectivity index (χ3n) is 5.58. The van der Waals surface area contributed by atoms with Crippen LogP contribution in [0.1, 0.15) is 64.6 Å². The van der Waals surface area contributed by atoms with Gasteiger partial charge in [-0.05, 0) is 55.4 Å². The second-order valence-corrected chi connectivity index (χ2v) is 8.38. The Kier molecular flexibility index (Phi) is 5.31. The molecule has 0 saturated carbocycles. The monoisotopic (exact) mass is 369 g/mol. The van der Waals surface area contributed by atoms with Crippen LogP contribution < -0.4 is 5.32 Å². The van der Waals surface area contributed by atoms with E-state index < -0.39 is 5.54 Å². The Morgan fingerprint density at radius 3 is 2.56 bits per heavy atom. The number of carbonyl (C=O) groups excluding carboxylic acids is 1. The summed E-state index contributed by atoms with van der Waals surface area (Å²) in [6.45, 7) is 10.2. The van der Waals surface area contributed by atoms with Crippen molar-refractivity contribution in [2.75, 3.05) is 0 Å². The summed E-state index contributed by atoms with van der Waals surface area (Å²) in [5.74, 6) is 0.335. The highest BCUT2D eigenvalue weighted by Crippen LogP contribution is 2.44. The average Bonchev–Trinajstić information content (AvgIpc) is 2.61. The van der Waals surface area contributed by atoms with E-state index in [-0.39, 0.29) is 17.6 Å². The van der Waals surface area contributed by atoms with E-state index in [1.807, 2.05) is 26.8 Å². The molecular formula is C22H28FN3O. The predicted molar refractivity (Wildman–Crippen MR) is 105 cm³/mol. The molecule has 0 aliphatic heterocycles. The first kappa shape index (κ1) is 19.5. The third kappa shape index (κ3) is 3.73. The van der Waals surface area contributed by atoms with Gasteiger partial charge < -0.3 is 5.32 Å². The number of hydrogen-bond acceptors (Lipinski definition) is 3. The SMILES string of the molecule is CC(C)C(=O)N[C@@]1(C)CC[C@H](C(C)C)c2cc(-c3ccccc3F)nnc21. The van der Waals surface area contributed by atoms with Crippen molar-refractivity contribution in [3.63, 3.8) is 0 Å². The van der Waals surface area contributed by atoms with E-state index in [2.05, 4.69) is 29.4 Å². The van der Waals surface area contributed by atoms with E-state index in [1.54, 1.807) is 18.2 Å². The highest BCUT2D eigenvalue weighted by Gasteiger charge is 2.40. The van der Waals surface area contributed by atoms with Crippen LogP contribution in [0.15, 0.2) is 30.3 Å². The van der Waals surface area contributed by atoms with E-state index in [0.717, 1.165) is 24.1 Å². The average molecular weight is 369 g/mol. The standard InChI is InChI=1S/C22H28FN3O/c1-13(2)15-10-11-22(5,24-21(27)14(3)4)20-17(15)12-19(25-26-20)16-8-6-7-9-18(16)23/h6-9,12-15H,10-11H2,1-5H3,(H,24,27)/t15-,22+/m1/s1. The largest absolute Gasteiger partial charge is 0.345 e. The Morgan fingerprint density at radius 1 is 1.22 bits per heavy atom. The van der Waals surface area contributed by atoms with Gasteiger partial charge in [0.05, 0.1) is 16.9 Å². The molecule has 1 aromatic heterocycles. The number of hydrogen-bond donors (Lipinski definition) is 1. The van der Waals surface area contributed by atoms with Crippen molar-refractivity contribution in [3.05, 3.63) is 47.4 Å². The fourth-order valence-electron chi connectivity index (χ4n) is 3.87. The summed E-state index contributed by atoms with van der Waals surface area (Å²) >= 11 is 0. The second-order valence-electron chi connectivity index (χ2n) is 8.38. The Balaban J connectivity index is 2.10. The van der Waals surface area contributed by atoms with Gasteiger partial charge in [-0.15, -0.1) is 0 Å². The van der Waals surface area contributed by atoms with Crippen LogP contribution in [0.3, 0.4) is 0 Å². The van der Waals surface area contributed by atoms with Gasteiger partial charge in [0.25, 0.3) is 0 Å². The molecule has 0 radical (unpaired) electrons. The molecule has 1 aliphatic rings. The molecule has 5 heteroatoms. The number of benzene rings is 1. The Bertz CT molecular complexity index is 849. The van der Waals surface area contributed by atoms with Crippen molar-refractivity contribution < 1.29 is 9.18 Å². The van der Waals surface area contributed by atoms with E-state index in [4.69, 9.17) is 0 Å². The minimum atomic E-state index is -0.553.